The van der Waals surface area contributed by atoms with Crippen molar-refractivity contribution >= 4 is 10.4 Å². The molecule has 2 N–H and O–H groups in total. The van der Waals surface area contributed by atoms with Crippen LogP contribution in [-0.4, -0.2) is 24.7 Å². The standard InChI is InChI=1S/C15H24O.C2H6O4S/c1-2-3-4-5-6-7-8-11-14-12-9-10-13-15(14)16;1-2-6-7(3,4)5/h9-10,12-13,16H,2-8,11H2,1H3;2H2,1H3,(H,3,4,5). The van der Waals surface area contributed by atoms with E-state index in [1.807, 2.05) is 18.2 Å². The summed E-state index contributed by atoms with van der Waals surface area (Å²) >= 11 is 0. The predicted octanol–water partition coefficient (Wildman–Crippen LogP) is 4.51. The Morgan fingerprint density at radius 3 is 2.00 bits per heavy atom. The quantitative estimate of drug-likeness (QED) is 0.481. The molecule has 0 spiro atoms. The summed E-state index contributed by atoms with van der Waals surface area (Å²) in [6.45, 7) is 3.69. The van der Waals surface area contributed by atoms with Crippen LogP contribution in [0.25, 0.3) is 0 Å². The molecular weight excluding hydrogens is 316 g/mol. The van der Waals surface area contributed by atoms with E-state index in [4.69, 9.17) is 4.55 Å². The van der Waals surface area contributed by atoms with Gasteiger partial charge in [-0.25, -0.2) is 4.18 Å². The number of benzene rings is 1. The van der Waals surface area contributed by atoms with Gasteiger partial charge in [0.15, 0.2) is 0 Å². The van der Waals surface area contributed by atoms with Crippen LogP contribution in [0.3, 0.4) is 0 Å². The minimum absolute atomic E-state index is 0.0289. The van der Waals surface area contributed by atoms with E-state index in [1.165, 1.54) is 51.9 Å². The van der Waals surface area contributed by atoms with Crippen molar-refractivity contribution in [2.24, 2.45) is 0 Å². The smallest absolute Gasteiger partial charge is 0.397 e. The lowest BCUT2D eigenvalue weighted by molar-refractivity contribution is 0.283. The molecule has 0 aliphatic heterocycles. The van der Waals surface area contributed by atoms with Gasteiger partial charge in [-0.05, 0) is 31.4 Å². The van der Waals surface area contributed by atoms with Gasteiger partial charge in [-0.3, -0.25) is 4.55 Å². The highest BCUT2D eigenvalue weighted by molar-refractivity contribution is 7.80. The van der Waals surface area contributed by atoms with E-state index < -0.39 is 10.4 Å². The first-order chi connectivity index (χ1) is 10.9. The minimum Gasteiger partial charge on any atom is -0.508 e. The maximum atomic E-state index is 9.58. The summed E-state index contributed by atoms with van der Waals surface area (Å²) in [7, 11) is -4.17. The number of hydrogen-bond donors (Lipinski definition) is 2. The maximum absolute atomic E-state index is 9.58. The Kier molecular flexibility index (Phi) is 12.7. The fraction of sp³-hybridized carbons (Fsp3) is 0.647. The molecule has 0 unspecified atom stereocenters. The number of aromatic hydroxyl groups is 1. The summed E-state index contributed by atoms with van der Waals surface area (Å²) in [5.41, 5.74) is 1.09. The van der Waals surface area contributed by atoms with Crippen molar-refractivity contribution in [3.63, 3.8) is 0 Å². The topological polar surface area (TPSA) is 83.8 Å². The molecular formula is C17H30O5S. The zero-order valence-electron chi connectivity index (χ0n) is 14.2. The molecule has 0 saturated carbocycles. The second-order valence-corrected chi connectivity index (χ2v) is 6.43. The van der Waals surface area contributed by atoms with E-state index in [1.54, 1.807) is 6.07 Å². The number of phenols is 1. The molecule has 0 fully saturated rings. The van der Waals surface area contributed by atoms with Crippen LogP contribution in [0.5, 0.6) is 5.75 Å². The predicted molar refractivity (Wildman–Crippen MR) is 93.0 cm³/mol. The van der Waals surface area contributed by atoms with Crippen LogP contribution in [0.4, 0.5) is 0 Å². The third-order valence-electron chi connectivity index (χ3n) is 3.31. The van der Waals surface area contributed by atoms with Gasteiger partial charge < -0.3 is 5.11 Å². The Morgan fingerprint density at radius 1 is 0.957 bits per heavy atom. The van der Waals surface area contributed by atoms with Crippen LogP contribution in [0.2, 0.25) is 0 Å². The van der Waals surface area contributed by atoms with Crippen molar-refractivity contribution in [2.45, 2.75) is 65.2 Å². The molecule has 134 valence electrons. The van der Waals surface area contributed by atoms with Gasteiger partial charge in [0.05, 0.1) is 6.61 Å². The monoisotopic (exact) mass is 346 g/mol. The normalized spacial score (nSPS) is 10.9. The van der Waals surface area contributed by atoms with Gasteiger partial charge in [-0.1, -0.05) is 63.6 Å². The molecule has 1 aromatic rings. The number of aryl methyl sites for hydroxylation is 1. The number of rotatable bonds is 10. The van der Waals surface area contributed by atoms with Crippen molar-refractivity contribution in [1.29, 1.82) is 0 Å². The summed E-state index contributed by atoms with van der Waals surface area (Å²) in [5, 5.41) is 9.58. The van der Waals surface area contributed by atoms with Gasteiger partial charge in [0.25, 0.3) is 0 Å². The first kappa shape index (κ1) is 21.9. The fourth-order valence-corrected chi connectivity index (χ4v) is 2.44. The Hall–Kier alpha value is -1.11. The zero-order valence-corrected chi connectivity index (χ0v) is 15.0. The Labute approximate surface area is 140 Å². The molecule has 0 saturated heterocycles. The first-order valence-electron chi connectivity index (χ1n) is 8.29. The highest BCUT2D eigenvalue weighted by Gasteiger charge is 1.99. The van der Waals surface area contributed by atoms with E-state index in [9.17, 15) is 13.5 Å². The average Bonchev–Trinajstić information content (AvgIpc) is 2.47. The molecule has 0 aliphatic rings. The van der Waals surface area contributed by atoms with E-state index >= 15 is 0 Å². The average molecular weight is 346 g/mol. The molecule has 6 heteroatoms. The minimum atomic E-state index is -4.17. The van der Waals surface area contributed by atoms with Crippen molar-refractivity contribution in [1.82, 2.24) is 0 Å². The van der Waals surface area contributed by atoms with Crippen LogP contribution >= 0.6 is 0 Å². The molecule has 0 atom stereocenters. The van der Waals surface area contributed by atoms with Crippen LogP contribution in [0.15, 0.2) is 24.3 Å². The van der Waals surface area contributed by atoms with Crippen molar-refractivity contribution in [3.8, 4) is 5.75 Å². The van der Waals surface area contributed by atoms with Crippen molar-refractivity contribution < 1.29 is 22.3 Å². The maximum Gasteiger partial charge on any atom is 0.397 e. The molecule has 0 aliphatic carbocycles. The summed E-state index contributed by atoms with van der Waals surface area (Å²) < 4.78 is 30.7. The van der Waals surface area contributed by atoms with Crippen LogP contribution in [0, 0.1) is 0 Å². The summed E-state index contributed by atoms with van der Waals surface area (Å²) in [6, 6.07) is 7.67. The van der Waals surface area contributed by atoms with Gasteiger partial charge in [0, 0.05) is 0 Å². The van der Waals surface area contributed by atoms with E-state index in [-0.39, 0.29) is 6.61 Å². The molecule has 0 amide bonds. The molecule has 1 rings (SSSR count). The van der Waals surface area contributed by atoms with E-state index in [0.29, 0.717) is 5.75 Å². The lowest BCUT2D eigenvalue weighted by atomic mass is 10.0. The lowest BCUT2D eigenvalue weighted by Gasteiger charge is -2.04. The van der Waals surface area contributed by atoms with E-state index in [2.05, 4.69) is 11.1 Å². The highest BCUT2D eigenvalue weighted by Crippen LogP contribution is 2.18. The number of para-hydroxylation sites is 1. The van der Waals surface area contributed by atoms with Gasteiger partial charge in [-0.2, -0.15) is 8.42 Å². The van der Waals surface area contributed by atoms with Crippen molar-refractivity contribution in [2.75, 3.05) is 6.61 Å². The number of hydrogen-bond acceptors (Lipinski definition) is 4. The number of unbranched alkanes of at least 4 members (excludes halogenated alkanes) is 6. The summed E-state index contributed by atoms with van der Waals surface area (Å²) in [6.07, 6.45) is 10.3. The molecule has 0 radical (unpaired) electrons. The fourth-order valence-electron chi connectivity index (χ4n) is 2.14. The molecule has 1 aromatic carbocycles. The molecule has 0 heterocycles. The SMILES string of the molecule is CCCCCCCCCc1ccccc1O.CCOS(=O)(=O)O. The molecule has 0 aromatic heterocycles. The van der Waals surface area contributed by atoms with E-state index in [0.717, 1.165) is 12.0 Å². The number of phenolic OH excluding ortho intramolecular Hbond substituents is 1. The highest BCUT2D eigenvalue weighted by atomic mass is 32.3. The van der Waals surface area contributed by atoms with Gasteiger partial charge in [0.1, 0.15) is 5.75 Å². The van der Waals surface area contributed by atoms with Crippen LogP contribution in [-0.2, 0) is 21.0 Å². The Balaban J connectivity index is 0.000000585. The summed E-state index contributed by atoms with van der Waals surface area (Å²) in [5.74, 6) is 0.452. The molecule has 23 heavy (non-hydrogen) atoms. The van der Waals surface area contributed by atoms with Crippen LogP contribution in [0.1, 0.15) is 64.4 Å². The second kappa shape index (κ2) is 13.3. The lowest BCUT2D eigenvalue weighted by Crippen LogP contribution is -2.01. The van der Waals surface area contributed by atoms with Gasteiger partial charge >= 0.3 is 10.4 Å². The first-order valence-corrected chi connectivity index (χ1v) is 9.66. The van der Waals surface area contributed by atoms with Gasteiger partial charge in [0.2, 0.25) is 0 Å². The summed E-state index contributed by atoms with van der Waals surface area (Å²) in [4.78, 5) is 0. The second-order valence-electron chi connectivity index (χ2n) is 5.33. The molecule has 5 nitrogen and oxygen atoms in total. The van der Waals surface area contributed by atoms with Crippen LogP contribution < -0.4 is 0 Å². The van der Waals surface area contributed by atoms with Gasteiger partial charge in [-0.15, -0.1) is 0 Å². The zero-order chi connectivity index (χ0) is 17.6. The Bertz CT molecular complexity index is 499. The molecule has 0 bridgehead atoms. The van der Waals surface area contributed by atoms with Crippen molar-refractivity contribution in [3.05, 3.63) is 29.8 Å². The third kappa shape index (κ3) is 14.2. The Morgan fingerprint density at radius 2 is 1.52 bits per heavy atom. The third-order valence-corrected chi connectivity index (χ3v) is 3.84. The largest absolute Gasteiger partial charge is 0.508 e.